The molecule has 0 bridgehead atoms. The van der Waals surface area contributed by atoms with Crippen LogP contribution in [0.5, 0.6) is 0 Å². The molecule has 0 rings (SSSR count). The Balaban J connectivity index is 3.20. The van der Waals surface area contributed by atoms with Crippen LogP contribution in [0.2, 0.25) is 0 Å². The van der Waals surface area contributed by atoms with Crippen molar-refractivity contribution in [3.8, 4) is 0 Å². The Labute approximate surface area is 201 Å². The minimum absolute atomic E-state index is 0.486. The Morgan fingerprint density at radius 1 is 0.594 bits per heavy atom. The van der Waals surface area contributed by atoms with Gasteiger partial charge in [0.25, 0.3) is 0 Å². The molecule has 0 spiro atoms. The second-order valence-electron chi connectivity index (χ2n) is 9.84. The van der Waals surface area contributed by atoms with Crippen LogP contribution < -0.4 is 0 Å². The van der Waals surface area contributed by atoms with Gasteiger partial charge in [0, 0.05) is 0 Å². The lowest BCUT2D eigenvalue weighted by Crippen LogP contribution is -2.09. The van der Waals surface area contributed by atoms with Crippen molar-refractivity contribution in [3.63, 3.8) is 0 Å². The highest BCUT2D eigenvalue weighted by atomic mass is 16.7. The fourth-order valence-electron chi connectivity index (χ4n) is 3.89. The Kier molecular flexibility index (Phi) is 25.5. The van der Waals surface area contributed by atoms with E-state index in [1.807, 2.05) is 0 Å². The predicted molar refractivity (Wildman–Crippen MR) is 139 cm³/mol. The molecule has 0 aromatic carbocycles. The van der Waals surface area contributed by atoms with Crippen LogP contribution in [0.1, 0.15) is 149 Å². The Morgan fingerprint density at radius 3 is 1.47 bits per heavy atom. The highest BCUT2D eigenvalue weighted by molar-refractivity contribution is 5.59. The summed E-state index contributed by atoms with van der Waals surface area (Å²) in [6, 6.07) is 0. The van der Waals surface area contributed by atoms with E-state index in [-0.39, 0.29) is 0 Å². The molecule has 32 heavy (non-hydrogen) atoms. The molecular weight excluding hydrogens is 396 g/mol. The zero-order valence-electron chi connectivity index (χ0n) is 22.0. The van der Waals surface area contributed by atoms with Crippen molar-refractivity contribution in [2.24, 2.45) is 5.92 Å². The molecule has 0 amide bonds. The summed E-state index contributed by atoms with van der Waals surface area (Å²) in [7, 11) is 0. The molecule has 190 valence electrons. The van der Waals surface area contributed by atoms with Gasteiger partial charge in [0.15, 0.2) is 0 Å². The van der Waals surface area contributed by atoms with Crippen LogP contribution in [0.25, 0.3) is 0 Å². The summed E-state index contributed by atoms with van der Waals surface area (Å²) in [6.07, 6.45) is 29.4. The topological polar surface area (TPSA) is 35.5 Å². The monoisotopic (exact) mass is 452 g/mol. The zero-order valence-corrected chi connectivity index (χ0v) is 22.0. The maximum atomic E-state index is 11.6. The highest BCUT2D eigenvalue weighted by Crippen LogP contribution is 2.12. The number of allylic oxidation sites excluding steroid dienone is 2. The maximum Gasteiger partial charge on any atom is 0.508 e. The summed E-state index contributed by atoms with van der Waals surface area (Å²) in [4.78, 5) is 11.6. The SMILES string of the molecule is CCCCCCC=CCCCCCCCCOC(=O)OCCCCCCCCCC(C)C. The van der Waals surface area contributed by atoms with Gasteiger partial charge in [-0.3, -0.25) is 0 Å². The van der Waals surface area contributed by atoms with Gasteiger partial charge >= 0.3 is 6.16 Å². The van der Waals surface area contributed by atoms with Crippen LogP contribution in [-0.2, 0) is 9.47 Å². The molecule has 3 nitrogen and oxygen atoms in total. The van der Waals surface area contributed by atoms with Gasteiger partial charge in [-0.1, -0.05) is 123 Å². The molecule has 0 aromatic heterocycles. The van der Waals surface area contributed by atoms with Gasteiger partial charge in [-0.2, -0.15) is 0 Å². The number of rotatable bonds is 24. The Hall–Kier alpha value is -0.990. The summed E-state index contributed by atoms with van der Waals surface area (Å²) in [5.41, 5.74) is 0. The molecule has 0 aromatic rings. The van der Waals surface area contributed by atoms with Crippen LogP contribution in [0.15, 0.2) is 12.2 Å². The zero-order chi connectivity index (χ0) is 23.5. The van der Waals surface area contributed by atoms with Crippen molar-refractivity contribution in [1.29, 1.82) is 0 Å². The molecule has 0 aliphatic rings. The van der Waals surface area contributed by atoms with Crippen LogP contribution in [-0.4, -0.2) is 19.4 Å². The Bertz CT molecular complexity index is 403. The normalized spacial score (nSPS) is 11.5. The lowest BCUT2D eigenvalue weighted by atomic mass is 10.0. The first-order valence-corrected chi connectivity index (χ1v) is 14.1. The van der Waals surface area contributed by atoms with Gasteiger partial charge in [-0.15, -0.1) is 0 Å². The van der Waals surface area contributed by atoms with E-state index in [9.17, 15) is 4.79 Å². The molecule has 0 fully saturated rings. The fraction of sp³-hybridized carbons (Fsp3) is 0.897. The fourth-order valence-corrected chi connectivity index (χ4v) is 3.89. The average molecular weight is 453 g/mol. The van der Waals surface area contributed by atoms with E-state index in [2.05, 4.69) is 32.9 Å². The highest BCUT2D eigenvalue weighted by Gasteiger charge is 2.03. The van der Waals surface area contributed by atoms with E-state index in [0.717, 1.165) is 31.6 Å². The minimum atomic E-state index is -0.486. The molecule has 0 N–H and O–H groups in total. The first kappa shape index (κ1) is 31.0. The summed E-state index contributed by atoms with van der Waals surface area (Å²) >= 11 is 0. The van der Waals surface area contributed by atoms with E-state index < -0.39 is 6.16 Å². The molecule has 0 saturated heterocycles. The third kappa shape index (κ3) is 27.0. The quantitative estimate of drug-likeness (QED) is 0.0829. The van der Waals surface area contributed by atoms with E-state index in [4.69, 9.17) is 9.47 Å². The van der Waals surface area contributed by atoms with E-state index in [1.165, 1.54) is 103 Å². The molecule has 0 aliphatic heterocycles. The summed E-state index contributed by atoms with van der Waals surface area (Å²) in [5, 5.41) is 0. The largest absolute Gasteiger partial charge is 0.508 e. The van der Waals surface area contributed by atoms with Crippen LogP contribution in [0.3, 0.4) is 0 Å². The van der Waals surface area contributed by atoms with Crippen molar-refractivity contribution < 1.29 is 14.3 Å². The molecule has 0 atom stereocenters. The van der Waals surface area contributed by atoms with Crippen LogP contribution in [0.4, 0.5) is 4.79 Å². The maximum absolute atomic E-state index is 11.6. The number of carbonyl (C=O) groups is 1. The molecule has 0 aliphatic carbocycles. The van der Waals surface area contributed by atoms with Crippen molar-refractivity contribution >= 4 is 6.16 Å². The molecule has 3 heteroatoms. The number of hydrogen-bond donors (Lipinski definition) is 0. The van der Waals surface area contributed by atoms with Crippen molar-refractivity contribution in [1.82, 2.24) is 0 Å². The minimum Gasteiger partial charge on any atom is -0.434 e. The van der Waals surface area contributed by atoms with Gasteiger partial charge in [0.2, 0.25) is 0 Å². The van der Waals surface area contributed by atoms with Crippen molar-refractivity contribution in [2.45, 2.75) is 149 Å². The molecule has 0 unspecified atom stereocenters. The third-order valence-corrected chi connectivity index (χ3v) is 6.02. The smallest absolute Gasteiger partial charge is 0.434 e. The van der Waals surface area contributed by atoms with E-state index >= 15 is 0 Å². The number of ether oxygens (including phenoxy) is 2. The molecule has 0 radical (unpaired) electrons. The predicted octanol–water partition coefficient (Wildman–Crippen LogP) is 10.2. The Morgan fingerprint density at radius 2 is 1.00 bits per heavy atom. The lowest BCUT2D eigenvalue weighted by molar-refractivity contribution is 0.0529. The number of unbranched alkanes of at least 4 members (excludes halogenated alkanes) is 16. The molecule has 0 heterocycles. The van der Waals surface area contributed by atoms with E-state index in [1.54, 1.807) is 0 Å². The molecule has 0 saturated carbocycles. The van der Waals surface area contributed by atoms with Gasteiger partial charge in [0.05, 0.1) is 13.2 Å². The van der Waals surface area contributed by atoms with Crippen LogP contribution >= 0.6 is 0 Å². The van der Waals surface area contributed by atoms with Crippen molar-refractivity contribution in [3.05, 3.63) is 12.2 Å². The van der Waals surface area contributed by atoms with Crippen LogP contribution in [0, 0.1) is 5.92 Å². The number of hydrogen-bond acceptors (Lipinski definition) is 3. The second kappa shape index (κ2) is 26.3. The van der Waals surface area contributed by atoms with Gasteiger partial charge < -0.3 is 9.47 Å². The first-order chi connectivity index (χ1) is 15.7. The van der Waals surface area contributed by atoms with Gasteiger partial charge in [0.1, 0.15) is 0 Å². The lowest BCUT2D eigenvalue weighted by Gasteiger charge is -2.07. The number of carbonyl (C=O) groups excluding carboxylic acids is 1. The summed E-state index contributed by atoms with van der Waals surface area (Å²) < 4.78 is 10.3. The van der Waals surface area contributed by atoms with Gasteiger partial charge in [-0.05, 0) is 44.4 Å². The second-order valence-corrected chi connectivity index (χ2v) is 9.84. The van der Waals surface area contributed by atoms with E-state index in [0.29, 0.717) is 13.2 Å². The average Bonchev–Trinajstić information content (AvgIpc) is 2.77. The van der Waals surface area contributed by atoms with Gasteiger partial charge in [-0.25, -0.2) is 4.79 Å². The summed E-state index contributed by atoms with van der Waals surface area (Å²) in [6.45, 7) is 7.85. The molecular formula is C29H56O3. The van der Waals surface area contributed by atoms with Crippen molar-refractivity contribution in [2.75, 3.05) is 13.2 Å². The summed E-state index contributed by atoms with van der Waals surface area (Å²) in [5.74, 6) is 0.833. The first-order valence-electron chi connectivity index (χ1n) is 14.1. The standard InChI is InChI=1S/C29H56O3/c1-4-5-6-7-8-9-10-11-12-13-14-17-20-23-26-31-29(30)32-27-24-21-18-15-16-19-22-25-28(2)3/h9-10,28H,4-8,11-27H2,1-3H3. The third-order valence-electron chi connectivity index (χ3n) is 6.02.